The van der Waals surface area contributed by atoms with E-state index in [4.69, 9.17) is 4.74 Å². The third kappa shape index (κ3) is 6.53. The Morgan fingerprint density at radius 3 is 2.38 bits per heavy atom. The Hall–Kier alpha value is -1.95. The Labute approximate surface area is 183 Å². The minimum absolute atomic E-state index is 0.0188. The summed E-state index contributed by atoms with van der Waals surface area (Å²) in [7, 11) is -3.85. The average molecular weight is 484 g/mol. The van der Waals surface area contributed by atoms with E-state index < -0.39 is 46.2 Å². The summed E-state index contributed by atoms with van der Waals surface area (Å²) in [6.45, 7) is -0.352. The van der Waals surface area contributed by atoms with Gasteiger partial charge in [-0.15, -0.1) is 0 Å². The number of carbonyl (C=O) groups excluding carboxylic acids is 1. The molecule has 1 aliphatic carbocycles. The summed E-state index contributed by atoms with van der Waals surface area (Å²) in [6.07, 6.45) is -0.327. The first-order chi connectivity index (χ1) is 14.9. The topological polar surface area (TPSA) is 75.7 Å². The summed E-state index contributed by atoms with van der Waals surface area (Å²) in [5, 5.41) is 0. The van der Waals surface area contributed by atoms with Gasteiger partial charge >= 0.3 is 12.3 Å². The molecule has 32 heavy (non-hydrogen) atoms. The van der Waals surface area contributed by atoms with Crippen LogP contribution in [0.15, 0.2) is 12.1 Å². The smallest absolute Gasteiger partial charge is 0.319 e. The number of amides is 1. The van der Waals surface area contributed by atoms with Crippen molar-refractivity contribution >= 4 is 15.9 Å². The molecule has 1 saturated carbocycles. The highest BCUT2D eigenvalue weighted by molar-refractivity contribution is 7.89. The Kier molecular flexibility index (Phi) is 7.33. The van der Waals surface area contributed by atoms with Crippen molar-refractivity contribution in [2.24, 2.45) is 5.92 Å². The van der Waals surface area contributed by atoms with Crippen molar-refractivity contribution in [2.75, 3.05) is 32.5 Å². The molecule has 0 radical (unpaired) electrons. The SMILES string of the molecule is CS(=O)(=O)NC(=O)c1cc(C2CC2)c(OCC2CCN(CC(F)(F)C(F)F)CC2)cc1F. The fourth-order valence-electron chi connectivity index (χ4n) is 3.69. The number of carbonyl (C=O) groups is 1. The maximum absolute atomic E-state index is 14.5. The van der Waals surface area contributed by atoms with Gasteiger partial charge in [-0.2, -0.15) is 8.78 Å². The van der Waals surface area contributed by atoms with Crippen molar-refractivity contribution < 1.29 is 39.9 Å². The molecule has 2 fully saturated rings. The van der Waals surface area contributed by atoms with Crippen LogP contribution in [0.4, 0.5) is 22.0 Å². The van der Waals surface area contributed by atoms with Crippen molar-refractivity contribution in [1.29, 1.82) is 0 Å². The standard InChI is InChI=1S/C20H25F5N2O4S/c1-32(29,30)26-18(28)15-8-14(13-2-3-13)17(9-16(15)21)31-10-12-4-6-27(7-5-12)11-20(24,25)19(22)23/h8-9,12-13,19H,2-7,10-11H2,1H3,(H,26,28). The van der Waals surface area contributed by atoms with Gasteiger partial charge in [0.05, 0.1) is 25.0 Å². The molecule has 0 atom stereocenters. The molecule has 180 valence electrons. The monoisotopic (exact) mass is 484 g/mol. The predicted octanol–water partition coefficient (Wildman–Crippen LogP) is 3.38. The Morgan fingerprint density at radius 2 is 1.84 bits per heavy atom. The highest BCUT2D eigenvalue weighted by Crippen LogP contribution is 2.45. The number of rotatable bonds is 9. The number of likely N-dealkylation sites (tertiary alicyclic amines) is 1. The van der Waals surface area contributed by atoms with E-state index >= 15 is 0 Å². The zero-order valence-electron chi connectivity index (χ0n) is 17.4. The number of alkyl halides is 4. The molecule has 6 nitrogen and oxygen atoms in total. The molecule has 1 aromatic rings. The van der Waals surface area contributed by atoms with Crippen molar-refractivity contribution in [3.05, 3.63) is 29.1 Å². The second-order valence-electron chi connectivity index (χ2n) is 8.44. The number of ether oxygens (including phenoxy) is 1. The number of benzene rings is 1. The fourth-order valence-corrected chi connectivity index (χ4v) is 4.14. The van der Waals surface area contributed by atoms with Crippen LogP contribution in [0.2, 0.25) is 0 Å². The quantitative estimate of drug-likeness (QED) is 0.544. The van der Waals surface area contributed by atoms with Crippen LogP contribution in [0.3, 0.4) is 0 Å². The van der Waals surface area contributed by atoms with E-state index in [0.717, 1.165) is 25.2 Å². The van der Waals surface area contributed by atoms with Gasteiger partial charge in [-0.1, -0.05) is 0 Å². The Bertz CT molecular complexity index is 946. The van der Waals surface area contributed by atoms with Gasteiger partial charge in [-0.25, -0.2) is 26.3 Å². The second kappa shape index (κ2) is 9.50. The minimum Gasteiger partial charge on any atom is -0.493 e. The van der Waals surface area contributed by atoms with Crippen LogP contribution in [0.25, 0.3) is 0 Å². The normalized spacial score (nSPS) is 18.7. The van der Waals surface area contributed by atoms with Gasteiger partial charge in [0.25, 0.3) is 5.91 Å². The number of piperidine rings is 1. The van der Waals surface area contributed by atoms with Gasteiger partial charge in [0.1, 0.15) is 11.6 Å². The summed E-state index contributed by atoms with van der Waals surface area (Å²) < 4.78 is 95.8. The number of nitrogens with zero attached hydrogens (tertiary/aromatic N) is 1. The van der Waals surface area contributed by atoms with E-state index in [1.807, 2.05) is 0 Å². The van der Waals surface area contributed by atoms with Crippen molar-refractivity contribution in [1.82, 2.24) is 9.62 Å². The van der Waals surface area contributed by atoms with Crippen molar-refractivity contribution in [2.45, 2.75) is 43.9 Å². The first-order valence-corrected chi connectivity index (χ1v) is 12.1. The maximum atomic E-state index is 14.5. The van der Waals surface area contributed by atoms with Gasteiger partial charge in [-0.3, -0.25) is 9.69 Å². The lowest BCUT2D eigenvalue weighted by atomic mass is 9.97. The van der Waals surface area contributed by atoms with Crippen LogP contribution < -0.4 is 9.46 Å². The molecule has 12 heteroatoms. The number of sulfonamides is 1. The molecule has 1 aromatic carbocycles. The van der Waals surface area contributed by atoms with E-state index in [1.165, 1.54) is 11.0 Å². The van der Waals surface area contributed by atoms with Crippen LogP contribution in [-0.4, -0.2) is 64.1 Å². The number of halogens is 5. The van der Waals surface area contributed by atoms with E-state index in [-0.39, 0.29) is 37.3 Å². The minimum atomic E-state index is -4.05. The average Bonchev–Trinajstić information content (AvgIpc) is 3.50. The number of nitrogens with one attached hydrogen (secondary N) is 1. The van der Waals surface area contributed by atoms with E-state index in [0.29, 0.717) is 18.4 Å². The van der Waals surface area contributed by atoms with Crippen LogP contribution in [0.5, 0.6) is 5.75 Å². The predicted molar refractivity (Wildman–Crippen MR) is 106 cm³/mol. The molecule has 1 heterocycles. The second-order valence-corrected chi connectivity index (χ2v) is 10.2. The molecule has 2 aliphatic rings. The largest absolute Gasteiger partial charge is 0.493 e. The van der Waals surface area contributed by atoms with E-state index in [2.05, 4.69) is 0 Å². The molecular formula is C20H25F5N2O4S. The summed E-state index contributed by atoms with van der Waals surface area (Å²) >= 11 is 0. The Balaban J connectivity index is 1.61. The first-order valence-electron chi connectivity index (χ1n) is 10.2. The number of hydrogen-bond donors (Lipinski definition) is 1. The highest BCUT2D eigenvalue weighted by atomic mass is 32.2. The summed E-state index contributed by atoms with van der Waals surface area (Å²) in [5.74, 6) is -5.72. The maximum Gasteiger partial charge on any atom is 0.319 e. The highest BCUT2D eigenvalue weighted by Gasteiger charge is 2.42. The molecule has 1 amide bonds. The molecule has 0 spiro atoms. The van der Waals surface area contributed by atoms with Crippen LogP contribution >= 0.6 is 0 Å². The van der Waals surface area contributed by atoms with Gasteiger partial charge in [0.15, 0.2) is 0 Å². The van der Waals surface area contributed by atoms with E-state index in [1.54, 1.807) is 4.72 Å². The zero-order valence-corrected chi connectivity index (χ0v) is 18.2. The molecule has 3 rings (SSSR count). The lowest BCUT2D eigenvalue weighted by molar-refractivity contribution is -0.144. The van der Waals surface area contributed by atoms with Gasteiger partial charge in [-0.05, 0) is 62.2 Å². The molecule has 0 unspecified atom stereocenters. The molecule has 1 saturated heterocycles. The van der Waals surface area contributed by atoms with Crippen LogP contribution in [-0.2, 0) is 10.0 Å². The fraction of sp³-hybridized carbons (Fsp3) is 0.650. The lowest BCUT2D eigenvalue weighted by Crippen LogP contribution is -2.45. The third-order valence-corrected chi connectivity index (χ3v) is 6.13. The number of hydrogen-bond acceptors (Lipinski definition) is 5. The third-order valence-electron chi connectivity index (χ3n) is 5.57. The van der Waals surface area contributed by atoms with Crippen LogP contribution in [0.1, 0.15) is 47.5 Å². The van der Waals surface area contributed by atoms with Crippen LogP contribution in [0, 0.1) is 11.7 Å². The molecule has 1 aliphatic heterocycles. The molecular weight excluding hydrogens is 459 g/mol. The first kappa shape index (κ1) is 24.7. The summed E-state index contributed by atoms with van der Waals surface area (Å²) in [4.78, 5) is 13.4. The molecule has 0 aromatic heterocycles. The van der Waals surface area contributed by atoms with Gasteiger partial charge < -0.3 is 4.74 Å². The van der Waals surface area contributed by atoms with Gasteiger partial charge in [0.2, 0.25) is 10.0 Å². The van der Waals surface area contributed by atoms with E-state index in [9.17, 15) is 35.2 Å². The lowest BCUT2D eigenvalue weighted by Gasteiger charge is -2.33. The Morgan fingerprint density at radius 1 is 1.22 bits per heavy atom. The van der Waals surface area contributed by atoms with Crippen molar-refractivity contribution in [3.8, 4) is 5.75 Å². The van der Waals surface area contributed by atoms with Gasteiger partial charge in [0, 0.05) is 6.07 Å². The van der Waals surface area contributed by atoms with Crippen molar-refractivity contribution in [3.63, 3.8) is 0 Å². The molecule has 0 bridgehead atoms. The summed E-state index contributed by atoms with van der Waals surface area (Å²) in [6, 6.07) is 2.36. The summed E-state index contributed by atoms with van der Waals surface area (Å²) in [5.41, 5.74) is 0.219. The molecule has 1 N–H and O–H groups in total. The zero-order chi connectivity index (χ0) is 23.7.